The van der Waals surface area contributed by atoms with Crippen LogP contribution < -0.4 is 5.73 Å². The molecule has 0 aromatic carbocycles. The van der Waals surface area contributed by atoms with Crippen LogP contribution >= 0.6 is 0 Å². The maximum Gasteiger partial charge on any atom is 0.106 e. The zero-order valence-corrected chi connectivity index (χ0v) is 5.79. The molecule has 0 aliphatic rings. The highest BCUT2D eigenvalue weighted by atomic mass is 16.3. The lowest BCUT2D eigenvalue weighted by Crippen LogP contribution is -2.06. The van der Waals surface area contributed by atoms with Crippen molar-refractivity contribution >= 4 is 0 Å². The van der Waals surface area contributed by atoms with Gasteiger partial charge in [-0.15, -0.1) is 6.42 Å². The molecule has 0 aliphatic heterocycles. The van der Waals surface area contributed by atoms with Crippen LogP contribution in [0.2, 0.25) is 0 Å². The van der Waals surface area contributed by atoms with Crippen LogP contribution in [0.3, 0.4) is 0 Å². The molecular formula is C8H9NO. The predicted molar refractivity (Wildman–Crippen MR) is 39.2 cm³/mol. The Morgan fingerprint density at radius 1 is 1.80 bits per heavy atom. The summed E-state index contributed by atoms with van der Waals surface area (Å²) in [5, 5.41) is 0. The zero-order valence-electron chi connectivity index (χ0n) is 5.79. The highest BCUT2D eigenvalue weighted by Gasteiger charge is 2.06. The first kappa shape index (κ1) is 6.91. The summed E-state index contributed by atoms with van der Waals surface area (Å²) in [5.74, 6) is 3.22. The first-order valence-corrected chi connectivity index (χ1v) is 3.01. The minimum absolute atomic E-state index is 0.334. The third-order valence-corrected chi connectivity index (χ3v) is 1.41. The summed E-state index contributed by atoms with van der Waals surface area (Å²) in [7, 11) is 0. The molecule has 1 atom stereocenters. The van der Waals surface area contributed by atoms with E-state index in [1.807, 2.05) is 6.92 Å². The lowest BCUT2D eigenvalue weighted by atomic mass is 10.1. The summed E-state index contributed by atoms with van der Waals surface area (Å²) in [6.45, 7) is 1.84. The SMILES string of the molecule is C#CC(N)c1ccoc1C. The fourth-order valence-corrected chi connectivity index (χ4v) is 0.807. The Morgan fingerprint density at radius 2 is 2.50 bits per heavy atom. The van der Waals surface area contributed by atoms with E-state index in [9.17, 15) is 0 Å². The van der Waals surface area contributed by atoms with Crippen LogP contribution in [0.25, 0.3) is 0 Å². The van der Waals surface area contributed by atoms with Crippen molar-refractivity contribution in [3.05, 3.63) is 23.7 Å². The molecule has 0 amide bonds. The van der Waals surface area contributed by atoms with Gasteiger partial charge in [-0.3, -0.25) is 0 Å². The average Bonchev–Trinajstić information content (AvgIpc) is 2.34. The predicted octanol–water partition coefficient (Wildman–Crippen LogP) is 1.22. The van der Waals surface area contributed by atoms with Crippen LogP contribution in [-0.2, 0) is 0 Å². The Balaban J connectivity index is 2.96. The number of nitrogens with two attached hydrogens (primary N) is 1. The maximum absolute atomic E-state index is 5.54. The molecule has 1 unspecified atom stereocenters. The van der Waals surface area contributed by atoms with E-state index in [1.54, 1.807) is 12.3 Å². The molecule has 0 fully saturated rings. The minimum Gasteiger partial charge on any atom is -0.469 e. The Bertz CT molecular complexity index is 256. The highest BCUT2D eigenvalue weighted by Crippen LogP contribution is 2.14. The molecule has 52 valence electrons. The van der Waals surface area contributed by atoms with Crippen molar-refractivity contribution in [2.75, 3.05) is 0 Å². The molecule has 2 N–H and O–H groups in total. The van der Waals surface area contributed by atoms with E-state index in [4.69, 9.17) is 16.6 Å². The van der Waals surface area contributed by atoms with Gasteiger partial charge in [0.1, 0.15) is 5.76 Å². The molecular weight excluding hydrogens is 126 g/mol. The van der Waals surface area contributed by atoms with Crippen molar-refractivity contribution in [2.45, 2.75) is 13.0 Å². The van der Waals surface area contributed by atoms with Gasteiger partial charge in [0.15, 0.2) is 0 Å². The summed E-state index contributed by atoms with van der Waals surface area (Å²) in [4.78, 5) is 0. The van der Waals surface area contributed by atoms with E-state index < -0.39 is 0 Å². The number of furan rings is 1. The maximum atomic E-state index is 5.54. The number of terminal acetylenes is 1. The highest BCUT2D eigenvalue weighted by molar-refractivity contribution is 5.26. The molecule has 2 heteroatoms. The molecule has 0 saturated heterocycles. The molecule has 1 aromatic heterocycles. The first-order valence-electron chi connectivity index (χ1n) is 3.01. The summed E-state index contributed by atoms with van der Waals surface area (Å²) < 4.78 is 5.01. The van der Waals surface area contributed by atoms with Crippen LogP contribution in [0, 0.1) is 19.3 Å². The van der Waals surface area contributed by atoms with Crippen LogP contribution in [0.1, 0.15) is 17.4 Å². The Labute approximate surface area is 60.0 Å². The van der Waals surface area contributed by atoms with E-state index in [1.165, 1.54) is 0 Å². The van der Waals surface area contributed by atoms with Crippen LogP contribution in [-0.4, -0.2) is 0 Å². The van der Waals surface area contributed by atoms with E-state index in [-0.39, 0.29) is 6.04 Å². The van der Waals surface area contributed by atoms with Crippen molar-refractivity contribution in [3.63, 3.8) is 0 Å². The fraction of sp³-hybridized carbons (Fsp3) is 0.250. The van der Waals surface area contributed by atoms with E-state index in [0.717, 1.165) is 11.3 Å². The third-order valence-electron chi connectivity index (χ3n) is 1.41. The number of hydrogen-bond donors (Lipinski definition) is 1. The van der Waals surface area contributed by atoms with Gasteiger partial charge in [0.05, 0.1) is 12.3 Å². The molecule has 10 heavy (non-hydrogen) atoms. The van der Waals surface area contributed by atoms with Gasteiger partial charge < -0.3 is 10.2 Å². The summed E-state index contributed by atoms with van der Waals surface area (Å²) in [5.41, 5.74) is 6.43. The second kappa shape index (κ2) is 2.59. The number of hydrogen-bond acceptors (Lipinski definition) is 2. The fourth-order valence-electron chi connectivity index (χ4n) is 0.807. The largest absolute Gasteiger partial charge is 0.469 e. The minimum atomic E-state index is -0.334. The average molecular weight is 135 g/mol. The monoisotopic (exact) mass is 135 g/mol. The molecule has 1 rings (SSSR count). The lowest BCUT2D eigenvalue weighted by Gasteiger charge is -1.99. The summed E-state index contributed by atoms with van der Waals surface area (Å²) in [6.07, 6.45) is 6.70. The van der Waals surface area contributed by atoms with E-state index in [2.05, 4.69) is 5.92 Å². The summed E-state index contributed by atoms with van der Waals surface area (Å²) >= 11 is 0. The number of rotatable bonds is 1. The molecule has 2 nitrogen and oxygen atoms in total. The van der Waals surface area contributed by atoms with Gasteiger partial charge in [-0.25, -0.2) is 0 Å². The van der Waals surface area contributed by atoms with Crippen molar-refractivity contribution in [3.8, 4) is 12.3 Å². The van der Waals surface area contributed by atoms with Gasteiger partial charge >= 0.3 is 0 Å². The molecule has 0 radical (unpaired) electrons. The van der Waals surface area contributed by atoms with Gasteiger partial charge in [-0.2, -0.15) is 0 Å². The summed E-state index contributed by atoms with van der Waals surface area (Å²) in [6, 6.07) is 1.46. The molecule has 0 saturated carbocycles. The van der Waals surface area contributed by atoms with Crippen LogP contribution in [0.5, 0.6) is 0 Å². The molecule has 1 aromatic rings. The quantitative estimate of drug-likeness (QED) is 0.588. The van der Waals surface area contributed by atoms with Gasteiger partial charge in [0.25, 0.3) is 0 Å². The second-order valence-corrected chi connectivity index (χ2v) is 2.08. The van der Waals surface area contributed by atoms with Crippen LogP contribution in [0.15, 0.2) is 16.7 Å². The Hall–Kier alpha value is -1.20. The van der Waals surface area contributed by atoms with Crippen molar-refractivity contribution in [2.24, 2.45) is 5.73 Å². The van der Waals surface area contributed by atoms with Crippen molar-refractivity contribution in [1.29, 1.82) is 0 Å². The lowest BCUT2D eigenvalue weighted by molar-refractivity contribution is 0.528. The topological polar surface area (TPSA) is 39.2 Å². The van der Waals surface area contributed by atoms with Crippen molar-refractivity contribution < 1.29 is 4.42 Å². The first-order chi connectivity index (χ1) is 4.75. The molecule has 0 bridgehead atoms. The third kappa shape index (κ3) is 1.04. The van der Waals surface area contributed by atoms with Crippen LogP contribution in [0.4, 0.5) is 0 Å². The Kier molecular flexibility index (Phi) is 1.79. The van der Waals surface area contributed by atoms with Gasteiger partial charge in [-0.1, -0.05) is 5.92 Å². The Morgan fingerprint density at radius 3 is 2.90 bits per heavy atom. The van der Waals surface area contributed by atoms with Crippen molar-refractivity contribution in [1.82, 2.24) is 0 Å². The van der Waals surface area contributed by atoms with Gasteiger partial charge in [0, 0.05) is 5.56 Å². The van der Waals surface area contributed by atoms with E-state index >= 15 is 0 Å². The van der Waals surface area contributed by atoms with Gasteiger partial charge in [-0.05, 0) is 13.0 Å². The normalized spacial score (nSPS) is 12.5. The molecule has 0 spiro atoms. The smallest absolute Gasteiger partial charge is 0.106 e. The standard InChI is InChI=1S/C8H9NO/c1-3-8(9)7-4-5-10-6(7)2/h1,4-5,8H,9H2,2H3. The van der Waals surface area contributed by atoms with E-state index in [0.29, 0.717) is 0 Å². The molecule has 0 aliphatic carbocycles. The molecule has 1 heterocycles. The number of aryl methyl sites for hydroxylation is 1. The second-order valence-electron chi connectivity index (χ2n) is 2.08. The zero-order chi connectivity index (χ0) is 7.56. The van der Waals surface area contributed by atoms with Gasteiger partial charge in [0.2, 0.25) is 0 Å².